The molecule has 0 aromatic carbocycles. The van der Waals surface area contributed by atoms with Gasteiger partial charge in [-0.25, -0.2) is 0 Å². The number of nitrogens with zero attached hydrogens (tertiary/aromatic N) is 1. The van der Waals surface area contributed by atoms with E-state index >= 15 is 0 Å². The van der Waals surface area contributed by atoms with E-state index in [9.17, 15) is 0 Å². The van der Waals surface area contributed by atoms with E-state index in [0.29, 0.717) is 11.5 Å². The summed E-state index contributed by atoms with van der Waals surface area (Å²) in [5.41, 5.74) is 0.295. The van der Waals surface area contributed by atoms with Gasteiger partial charge in [-0.05, 0) is 26.4 Å². The zero-order valence-electron chi connectivity index (χ0n) is 10.3. The maximum atomic E-state index is 5.95. The molecule has 2 aliphatic rings. The number of ether oxygens (including phenoxy) is 1. The van der Waals surface area contributed by atoms with Crippen LogP contribution in [-0.4, -0.2) is 43.9 Å². The summed E-state index contributed by atoms with van der Waals surface area (Å²) in [7, 11) is 2.22. The van der Waals surface area contributed by atoms with Gasteiger partial charge in [0, 0.05) is 18.0 Å². The average Bonchev–Trinajstić information content (AvgIpc) is 2.19. The minimum atomic E-state index is 0.253. The highest BCUT2D eigenvalue weighted by Gasteiger charge is 2.34. The number of likely N-dealkylation sites (tertiary alicyclic amines) is 1. The van der Waals surface area contributed by atoms with Crippen LogP contribution in [0.5, 0.6) is 0 Å². The molecule has 0 amide bonds. The minimum Gasteiger partial charge on any atom is -0.361 e. The molecule has 3 heteroatoms. The fourth-order valence-electron chi connectivity index (χ4n) is 2.53. The van der Waals surface area contributed by atoms with Crippen LogP contribution in [-0.2, 0) is 4.74 Å². The molecule has 0 aromatic heterocycles. The predicted octanol–water partition coefficient (Wildman–Crippen LogP) is 1.44. The highest BCUT2D eigenvalue weighted by atomic mass is 16.5. The number of rotatable bonds is 1. The Balaban J connectivity index is 1.89. The summed E-state index contributed by atoms with van der Waals surface area (Å²) in [6, 6.07) is 0.579. The molecule has 1 N–H and O–H groups in total. The second-order valence-corrected chi connectivity index (χ2v) is 5.82. The smallest absolute Gasteiger partial charge is 0.123 e. The lowest BCUT2D eigenvalue weighted by Crippen LogP contribution is -2.57. The molecule has 2 rings (SSSR count). The molecule has 3 nitrogen and oxygen atoms in total. The molecular formula is C12H24N2O. The van der Waals surface area contributed by atoms with Gasteiger partial charge >= 0.3 is 0 Å². The molecule has 0 aromatic rings. The van der Waals surface area contributed by atoms with E-state index in [2.05, 4.69) is 31.1 Å². The number of likely N-dealkylation sites (N-methyl/N-ethyl adjacent to an activating group) is 1. The monoisotopic (exact) mass is 212 g/mol. The summed E-state index contributed by atoms with van der Waals surface area (Å²) in [5, 5.41) is 3.55. The van der Waals surface area contributed by atoms with E-state index in [1.54, 1.807) is 0 Å². The van der Waals surface area contributed by atoms with Gasteiger partial charge in [-0.15, -0.1) is 0 Å². The highest BCUT2D eigenvalue weighted by molar-refractivity contribution is 4.86. The van der Waals surface area contributed by atoms with Crippen molar-refractivity contribution in [1.82, 2.24) is 10.2 Å². The Morgan fingerprint density at radius 1 is 1.33 bits per heavy atom. The first-order valence-electron chi connectivity index (χ1n) is 6.14. The molecule has 0 aliphatic carbocycles. The molecule has 2 heterocycles. The van der Waals surface area contributed by atoms with Crippen molar-refractivity contribution in [3.8, 4) is 0 Å². The molecule has 2 unspecified atom stereocenters. The third kappa shape index (κ3) is 2.71. The SMILES string of the molecule is CN1CCCCC1C1NCC(C)(C)CO1. The van der Waals surface area contributed by atoms with Crippen LogP contribution in [0.3, 0.4) is 0 Å². The molecular weight excluding hydrogens is 188 g/mol. The largest absolute Gasteiger partial charge is 0.361 e. The summed E-state index contributed by atoms with van der Waals surface area (Å²) < 4.78 is 5.95. The summed E-state index contributed by atoms with van der Waals surface area (Å²) in [4.78, 5) is 2.44. The number of hydrogen-bond donors (Lipinski definition) is 1. The fraction of sp³-hybridized carbons (Fsp3) is 1.00. The van der Waals surface area contributed by atoms with Crippen LogP contribution in [0.1, 0.15) is 33.1 Å². The molecule has 0 radical (unpaired) electrons. The van der Waals surface area contributed by atoms with Crippen LogP contribution in [0.2, 0.25) is 0 Å². The third-order valence-corrected chi connectivity index (χ3v) is 3.61. The van der Waals surface area contributed by atoms with Crippen LogP contribution >= 0.6 is 0 Å². The van der Waals surface area contributed by atoms with Crippen molar-refractivity contribution in [2.45, 2.75) is 45.4 Å². The molecule has 15 heavy (non-hydrogen) atoms. The number of nitrogens with one attached hydrogen (secondary N) is 1. The van der Waals surface area contributed by atoms with Crippen LogP contribution < -0.4 is 5.32 Å². The second-order valence-electron chi connectivity index (χ2n) is 5.82. The van der Waals surface area contributed by atoms with Crippen molar-refractivity contribution in [3.05, 3.63) is 0 Å². The van der Waals surface area contributed by atoms with Gasteiger partial charge in [0.25, 0.3) is 0 Å². The molecule has 0 saturated carbocycles. The van der Waals surface area contributed by atoms with Gasteiger partial charge in [0.15, 0.2) is 0 Å². The number of hydrogen-bond acceptors (Lipinski definition) is 3. The van der Waals surface area contributed by atoms with Crippen LogP contribution in [0.25, 0.3) is 0 Å². The fourth-order valence-corrected chi connectivity index (χ4v) is 2.53. The first-order chi connectivity index (χ1) is 7.08. The third-order valence-electron chi connectivity index (χ3n) is 3.61. The Labute approximate surface area is 93.2 Å². The zero-order valence-corrected chi connectivity index (χ0v) is 10.3. The Hall–Kier alpha value is -0.120. The topological polar surface area (TPSA) is 24.5 Å². The summed E-state index contributed by atoms with van der Waals surface area (Å²) in [5.74, 6) is 0. The quantitative estimate of drug-likeness (QED) is 0.712. The Morgan fingerprint density at radius 3 is 2.73 bits per heavy atom. The van der Waals surface area contributed by atoms with E-state index in [4.69, 9.17) is 4.74 Å². The summed E-state index contributed by atoms with van der Waals surface area (Å²) in [6.45, 7) is 7.67. The summed E-state index contributed by atoms with van der Waals surface area (Å²) in [6.07, 6.45) is 4.21. The molecule has 88 valence electrons. The lowest BCUT2D eigenvalue weighted by molar-refractivity contribution is -0.0993. The van der Waals surface area contributed by atoms with E-state index in [1.165, 1.54) is 25.8 Å². The lowest BCUT2D eigenvalue weighted by atomic mass is 9.92. The molecule has 0 bridgehead atoms. The van der Waals surface area contributed by atoms with E-state index < -0.39 is 0 Å². The maximum absolute atomic E-state index is 5.95. The minimum absolute atomic E-state index is 0.253. The Kier molecular flexibility index (Phi) is 3.33. The van der Waals surface area contributed by atoms with Crippen LogP contribution in [0, 0.1) is 5.41 Å². The normalized spacial score (nSPS) is 37.8. The number of piperidine rings is 1. The van der Waals surface area contributed by atoms with Gasteiger partial charge in [-0.3, -0.25) is 10.2 Å². The highest BCUT2D eigenvalue weighted by Crippen LogP contribution is 2.25. The molecule has 0 spiro atoms. The van der Waals surface area contributed by atoms with Crippen molar-refractivity contribution in [2.24, 2.45) is 5.41 Å². The maximum Gasteiger partial charge on any atom is 0.123 e. The van der Waals surface area contributed by atoms with Crippen molar-refractivity contribution < 1.29 is 4.74 Å². The lowest BCUT2D eigenvalue weighted by Gasteiger charge is -2.43. The first-order valence-corrected chi connectivity index (χ1v) is 6.14. The van der Waals surface area contributed by atoms with Gasteiger partial charge < -0.3 is 4.74 Å². The Bertz CT molecular complexity index is 208. The first kappa shape index (κ1) is 11.4. The van der Waals surface area contributed by atoms with Gasteiger partial charge in [-0.2, -0.15) is 0 Å². The van der Waals surface area contributed by atoms with E-state index in [0.717, 1.165) is 13.2 Å². The van der Waals surface area contributed by atoms with Crippen molar-refractivity contribution in [2.75, 3.05) is 26.7 Å². The Morgan fingerprint density at radius 2 is 2.13 bits per heavy atom. The van der Waals surface area contributed by atoms with Crippen LogP contribution in [0.4, 0.5) is 0 Å². The van der Waals surface area contributed by atoms with Gasteiger partial charge in [0.05, 0.1) is 6.61 Å². The second kappa shape index (κ2) is 4.40. The van der Waals surface area contributed by atoms with E-state index in [-0.39, 0.29) is 6.23 Å². The molecule has 2 fully saturated rings. The van der Waals surface area contributed by atoms with E-state index in [1.807, 2.05) is 0 Å². The standard InChI is InChI=1S/C12H24N2O/c1-12(2)8-13-11(15-9-12)10-6-4-5-7-14(10)3/h10-11,13H,4-9H2,1-3H3. The van der Waals surface area contributed by atoms with Crippen molar-refractivity contribution >= 4 is 0 Å². The molecule has 2 saturated heterocycles. The summed E-state index contributed by atoms with van der Waals surface area (Å²) >= 11 is 0. The van der Waals surface area contributed by atoms with Crippen molar-refractivity contribution in [3.63, 3.8) is 0 Å². The predicted molar refractivity (Wildman–Crippen MR) is 61.8 cm³/mol. The zero-order chi connectivity index (χ0) is 10.9. The molecule has 2 atom stereocenters. The van der Waals surface area contributed by atoms with Gasteiger partial charge in [0.2, 0.25) is 0 Å². The van der Waals surface area contributed by atoms with Gasteiger partial charge in [-0.1, -0.05) is 20.3 Å². The molecule has 2 aliphatic heterocycles. The van der Waals surface area contributed by atoms with Crippen LogP contribution in [0.15, 0.2) is 0 Å². The average molecular weight is 212 g/mol. The van der Waals surface area contributed by atoms with Gasteiger partial charge in [0.1, 0.15) is 6.23 Å². The van der Waals surface area contributed by atoms with Crippen molar-refractivity contribution in [1.29, 1.82) is 0 Å².